The first kappa shape index (κ1) is 21.4. The van der Waals surface area contributed by atoms with Crippen LogP contribution in [0.1, 0.15) is 19.8 Å². The molecular weight excluding hydrogens is 440 g/mol. The normalized spacial score (nSPS) is 19.2. The van der Waals surface area contributed by atoms with Crippen LogP contribution >= 0.6 is 11.6 Å². The number of aromatic nitrogens is 2. The van der Waals surface area contributed by atoms with Crippen molar-refractivity contribution in [2.75, 3.05) is 31.6 Å². The van der Waals surface area contributed by atoms with E-state index in [0.717, 1.165) is 15.4 Å². The van der Waals surface area contributed by atoms with E-state index in [2.05, 4.69) is 15.1 Å². The predicted octanol–water partition coefficient (Wildman–Crippen LogP) is 2.42. The van der Waals surface area contributed by atoms with Crippen LogP contribution in [0.4, 0.5) is 14.5 Å². The summed E-state index contributed by atoms with van der Waals surface area (Å²) in [6.45, 7) is 1.10. The number of anilines is 1. The van der Waals surface area contributed by atoms with Gasteiger partial charge in [-0.25, -0.2) is 13.9 Å². The van der Waals surface area contributed by atoms with Crippen molar-refractivity contribution in [1.29, 1.82) is 0 Å². The summed E-state index contributed by atoms with van der Waals surface area (Å²) < 4.78 is 56.4. The van der Waals surface area contributed by atoms with Gasteiger partial charge in [0.25, 0.3) is 16.1 Å². The van der Waals surface area contributed by atoms with Crippen molar-refractivity contribution in [2.45, 2.75) is 31.7 Å². The zero-order valence-corrected chi connectivity index (χ0v) is 18.1. The highest BCUT2D eigenvalue weighted by atomic mass is 35.5. The van der Waals surface area contributed by atoms with Crippen LogP contribution in [0, 0.1) is 5.41 Å². The third kappa shape index (κ3) is 3.91. The molecule has 1 aromatic carbocycles. The first-order chi connectivity index (χ1) is 13.9. The van der Waals surface area contributed by atoms with Crippen LogP contribution in [0.25, 0.3) is 10.9 Å². The maximum absolute atomic E-state index is 13.4. The number of rotatable bonds is 6. The molecule has 1 saturated heterocycles. The van der Waals surface area contributed by atoms with E-state index in [0.29, 0.717) is 49.1 Å². The summed E-state index contributed by atoms with van der Waals surface area (Å²) in [7, 11) is -2.68. The second-order valence-corrected chi connectivity index (χ2v) is 10.2. The van der Waals surface area contributed by atoms with Crippen LogP contribution in [0.3, 0.4) is 0 Å². The summed E-state index contributed by atoms with van der Waals surface area (Å²) >= 11 is 6.26. The average molecular weight is 462 g/mol. The molecule has 1 spiro atoms. The fourth-order valence-electron chi connectivity index (χ4n) is 4.49. The smallest absolute Gasteiger partial charge is 0.277 e. The van der Waals surface area contributed by atoms with E-state index in [1.54, 1.807) is 18.3 Å². The molecule has 2 aromatic rings. The number of methoxy groups -OCH3 is 1. The molecular formula is C18H22ClF2N5O3S. The highest BCUT2D eigenvalue weighted by Gasteiger charge is 2.56. The first-order valence-corrected chi connectivity index (χ1v) is 11.2. The van der Waals surface area contributed by atoms with E-state index in [1.165, 1.54) is 7.11 Å². The zero-order valence-electron chi connectivity index (χ0n) is 16.5. The van der Waals surface area contributed by atoms with Gasteiger partial charge in [0.05, 0.1) is 36.1 Å². The van der Waals surface area contributed by atoms with Crippen LogP contribution in [-0.4, -0.2) is 61.6 Å². The Bertz CT molecular complexity index is 1080. The van der Waals surface area contributed by atoms with Crippen LogP contribution in [-0.2, 0) is 10.2 Å². The van der Waals surface area contributed by atoms with Gasteiger partial charge in [-0.05, 0) is 18.9 Å². The van der Waals surface area contributed by atoms with Gasteiger partial charge in [-0.15, -0.1) is 0 Å². The lowest BCUT2D eigenvalue weighted by atomic mass is 9.60. The lowest BCUT2D eigenvalue weighted by molar-refractivity contribution is -0.0414. The number of hydrogen-bond acceptors (Lipinski definition) is 6. The highest BCUT2D eigenvalue weighted by molar-refractivity contribution is 7.86. The molecule has 0 atom stereocenters. The molecule has 30 heavy (non-hydrogen) atoms. The van der Waals surface area contributed by atoms with Crippen molar-refractivity contribution in [3.05, 3.63) is 23.4 Å². The van der Waals surface area contributed by atoms with Gasteiger partial charge in [0.15, 0.2) is 0 Å². The molecule has 2 N–H and O–H groups in total. The molecule has 4 rings (SSSR count). The molecule has 8 nitrogen and oxygen atoms in total. The van der Waals surface area contributed by atoms with Crippen LogP contribution in [0.2, 0.25) is 5.02 Å². The van der Waals surface area contributed by atoms with Gasteiger partial charge in [0.1, 0.15) is 5.75 Å². The molecule has 0 unspecified atom stereocenters. The third-order valence-electron chi connectivity index (χ3n) is 5.79. The number of halogens is 3. The van der Waals surface area contributed by atoms with Crippen molar-refractivity contribution in [1.82, 2.24) is 14.5 Å². The van der Waals surface area contributed by atoms with Gasteiger partial charge in [-0.1, -0.05) is 11.6 Å². The van der Waals surface area contributed by atoms with Crippen molar-refractivity contribution in [2.24, 2.45) is 10.6 Å². The SMILES string of the molecule is COc1cc2nncc(N3CC4(CC(N(CC(C)(F)F)S(N)(=O)=O)C4)C3)c2cc1Cl. The predicted molar refractivity (Wildman–Crippen MR) is 109 cm³/mol. The minimum atomic E-state index is -4.20. The average Bonchev–Trinajstić information content (AvgIpc) is 2.56. The van der Waals surface area contributed by atoms with Gasteiger partial charge in [-0.3, -0.25) is 0 Å². The summed E-state index contributed by atoms with van der Waals surface area (Å²) in [5, 5.41) is 14.6. The Morgan fingerprint density at radius 1 is 1.40 bits per heavy atom. The number of ether oxygens (including phenoxy) is 1. The van der Waals surface area contributed by atoms with E-state index < -0.39 is 28.7 Å². The number of nitrogens with two attached hydrogens (primary N) is 1. The topological polar surface area (TPSA) is 102 Å². The molecule has 1 aromatic heterocycles. The number of alkyl halides is 2. The van der Waals surface area contributed by atoms with Crippen LogP contribution in [0.5, 0.6) is 5.75 Å². The van der Waals surface area contributed by atoms with Crippen molar-refractivity contribution in [3.63, 3.8) is 0 Å². The third-order valence-corrected chi connectivity index (χ3v) is 7.17. The maximum atomic E-state index is 13.4. The van der Waals surface area contributed by atoms with Gasteiger partial charge in [0.2, 0.25) is 0 Å². The van der Waals surface area contributed by atoms with Gasteiger partial charge >= 0.3 is 0 Å². The molecule has 0 radical (unpaired) electrons. The molecule has 0 amide bonds. The van der Waals surface area contributed by atoms with E-state index in [-0.39, 0.29) is 5.41 Å². The molecule has 1 saturated carbocycles. The number of benzene rings is 1. The largest absolute Gasteiger partial charge is 0.495 e. The quantitative estimate of drug-likeness (QED) is 0.708. The zero-order chi connectivity index (χ0) is 21.9. The molecule has 1 aliphatic heterocycles. The Kier molecular flexibility index (Phi) is 5.08. The first-order valence-electron chi connectivity index (χ1n) is 9.32. The highest BCUT2D eigenvalue weighted by Crippen LogP contribution is 2.52. The molecule has 2 heterocycles. The molecule has 164 valence electrons. The van der Waals surface area contributed by atoms with E-state index in [1.807, 2.05) is 0 Å². The summed E-state index contributed by atoms with van der Waals surface area (Å²) in [6.07, 6.45) is 2.63. The molecule has 12 heteroatoms. The molecule has 2 fully saturated rings. The number of nitrogens with zero attached hydrogens (tertiary/aromatic N) is 4. The van der Waals surface area contributed by atoms with Crippen LogP contribution in [0.15, 0.2) is 18.3 Å². The lowest BCUT2D eigenvalue weighted by Crippen LogP contribution is -2.68. The van der Waals surface area contributed by atoms with Crippen molar-refractivity contribution >= 4 is 38.4 Å². The molecule has 1 aliphatic carbocycles. The second-order valence-electron chi connectivity index (χ2n) is 8.31. The van der Waals surface area contributed by atoms with Gasteiger partial charge < -0.3 is 9.64 Å². The molecule has 2 aliphatic rings. The van der Waals surface area contributed by atoms with Crippen molar-refractivity contribution in [3.8, 4) is 5.75 Å². The summed E-state index contributed by atoms with van der Waals surface area (Å²) in [4.78, 5) is 2.10. The van der Waals surface area contributed by atoms with Crippen molar-refractivity contribution < 1.29 is 21.9 Å². The fraction of sp³-hybridized carbons (Fsp3) is 0.556. The lowest BCUT2D eigenvalue weighted by Gasteiger charge is -2.61. The maximum Gasteiger partial charge on any atom is 0.277 e. The molecule has 0 bridgehead atoms. The Labute approximate surface area is 178 Å². The fourth-order valence-corrected chi connectivity index (χ4v) is 5.70. The minimum absolute atomic E-state index is 0.123. The Morgan fingerprint density at radius 2 is 2.07 bits per heavy atom. The Balaban J connectivity index is 1.48. The number of fused-ring (bicyclic) bond motifs is 1. The monoisotopic (exact) mass is 461 g/mol. The van der Waals surface area contributed by atoms with E-state index in [9.17, 15) is 17.2 Å². The minimum Gasteiger partial charge on any atom is -0.495 e. The second kappa shape index (κ2) is 7.11. The van der Waals surface area contributed by atoms with Gasteiger partial charge in [0, 0.05) is 42.9 Å². The summed E-state index contributed by atoms with van der Waals surface area (Å²) in [5.41, 5.74) is 1.39. The number of hydrogen-bond donors (Lipinski definition) is 1. The Hall–Kier alpha value is -1.82. The Morgan fingerprint density at radius 3 is 2.63 bits per heavy atom. The van der Waals surface area contributed by atoms with E-state index in [4.69, 9.17) is 21.5 Å². The summed E-state index contributed by atoms with van der Waals surface area (Å²) in [5.74, 6) is -2.64. The van der Waals surface area contributed by atoms with Crippen LogP contribution < -0.4 is 14.8 Å². The standard InChI is InChI=1S/C18H22ClF2N5O3S/c1-17(20,21)8-26(30(22,27)28)11-5-18(6-11)9-25(10-18)15-7-23-24-14-4-16(29-2)13(19)3-12(14)15/h3-4,7,11H,5-6,8-10H2,1-2H3,(H2,22,27,28). The van der Waals surface area contributed by atoms with Gasteiger partial charge in [-0.2, -0.15) is 22.9 Å². The summed E-state index contributed by atoms with van der Waals surface area (Å²) in [6, 6.07) is 2.98. The van der Waals surface area contributed by atoms with E-state index >= 15 is 0 Å².